The minimum atomic E-state index is -1.40. The summed E-state index contributed by atoms with van der Waals surface area (Å²) in [6.07, 6.45) is 0. The third-order valence-electron chi connectivity index (χ3n) is 12.9. The van der Waals surface area contributed by atoms with Crippen molar-refractivity contribution in [2.75, 3.05) is 0 Å². The van der Waals surface area contributed by atoms with Gasteiger partial charge in [0.2, 0.25) is 0 Å². The summed E-state index contributed by atoms with van der Waals surface area (Å²) < 4.78 is 152. The second kappa shape index (κ2) is 40.7. The number of hydrogen-bond acceptors (Lipinski definition) is 0. The molecule has 0 radical (unpaired) electrons. The van der Waals surface area contributed by atoms with Crippen LogP contribution in [-0.4, -0.2) is 0 Å². The third-order valence-corrected chi connectivity index (χ3v) is 14.9. The van der Waals surface area contributed by atoms with E-state index in [2.05, 4.69) is 29.8 Å². The zero-order valence-electron chi connectivity index (χ0n) is 53.1. The van der Waals surface area contributed by atoms with Crippen LogP contribution < -0.4 is 0 Å². The SMILES string of the molecule is CC(C)c1cc(F)c(F)c(Cl)c1.CC(C)c1cc(F)c(F)c(F)c1.CC(C)c1cc(F)cc(Cl)c1.CC(C)c1ccc(Cl)cc1F.CC(C)c1ccc(F)c(Br)c1.CC(C)c1ccc(F)c(Cl)c1.CC(C)c1ccc(F)c(F)c1.CC(C)c1ccc(F)cc1Cl. The summed E-state index contributed by atoms with van der Waals surface area (Å²) >= 11 is 31.2. The van der Waals surface area contributed by atoms with Crippen LogP contribution in [0.5, 0.6) is 0 Å². The molecule has 0 amide bonds. The lowest BCUT2D eigenvalue weighted by atomic mass is 10.0. The van der Waals surface area contributed by atoms with Crippen LogP contribution in [0.25, 0.3) is 0 Å². The molecule has 492 valence electrons. The van der Waals surface area contributed by atoms with E-state index in [1.54, 1.807) is 56.3 Å². The first-order valence-electron chi connectivity index (χ1n) is 28.7. The van der Waals surface area contributed by atoms with Crippen molar-refractivity contribution in [1.29, 1.82) is 0 Å². The van der Waals surface area contributed by atoms with Crippen LogP contribution in [-0.2, 0) is 0 Å². The van der Waals surface area contributed by atoms with Crippen molar-refractivity contribution in [3.63, 3.8) is 0 Å². The van der Waals surface area contributed by atoms with Gasteiger partial charge >= 0.3 is 0 Å². The standard InChI is InChI=1S/C9H10BrF.C9H9ClF2.4C9H10ClF.C9H9F3.C9H10F2/c1-6(2)7-3-4-9(11)8(10)5-7;1-5(2)6-3-7(10)9(12)8(11)4-6;1-6(2)7-3-8(10)5-9(11)4-7;1-6(2)8-4-3-7(11)5-9(8)10;1-6(2)8-4-3-7(10)5-9(8)11;1-6(2)7-3-4-9(11)8(10)5-7;1-5(2)6-3-7(10)9(12)8(11)4-6;1-6(2)7-3-4-8(10)9(11)5-7/h3-6H,1-2H3;3-5H,1-2H3;4*3-6H,1-2H3;3-5H,1-2H3;3-6H,1-2H3. The van der Waals surface area contributed by atoms with Gasteiger partial charge in [0.15, 0.2) is 40.7 Å². The molecule has 0 spiro atoms. The molecule has 0 atom stereocenters. The van der Waals surface area contributed by atoms with E-state index in [0.717, 1.165) is 51.6 Å². The molecule has 0 saturated heterocycles. The van der Waals surface area contributed by atoms with E-state index in [1.165, 1.54) is 60.7 Å². The molecule has 0 bridgehead atoms. The lowest BCUT2D eigenvalue weighted by Gasteiger charge is -2.06. The molecular weight excluding hydrogens is 1350 g/mol. The lowest BCUT2D eigenvalue weighted by Crippen LogP contribution is -1.95. The Hall–Kier alpha value is -5.15. The summed E-state index contributed by atoms with van der Waals surface area (Å²) in [6.45, 7) is 31.4. The third kappa shape index (κ3) is 30.1. The molecule has 18 heteroatoms. The van der Waals surface area contributed by atoms with Gasteiger partial charge in [0.05, 0.1) is 14.5 Å². The highest BCUT2D eigenvalue weighted by Crippen LogP contribution is 2.28. The van der Waals surface area contributed by atoms with Crippen molar-refractivity contribution in [2.45, 2.75) is 158 Å². The van der Waals surface area contributed by atoms with Gasteiger partial charge in [-0.3, -0.25) is 0 Å². The van der Waals surface area contributed by atoms with E-state index in [0.29, 0.717) is 54.3 Å². The van der Waals surface area contributed by atoms with Gasteiger partial charge in [0.1, 0.15) is 29.1 Å². The first-order chi connectivity index (χ1) is 41.7. The van der Waals surface area contributed by atoms with E-state index >= 15 is 0 Å². The molecule has 0 fully saturated rings. The fourth-order valence-corrected chi connectivity index (χ4v) is 8.86. The molecule has 0 aliphatic carbocycles. The largest absolute Gasteiger partial charge is 0.207 e. The number of benzene rings is 8. The van der Waals surface area contributed by atoms with Crippen molar-refractivity contribution in [1.82, 2.24) is 0 Å². The Morgan fingerprint density at radius 2 is 0.633 bits per heavy atom. The summed E-state index contributed by atoms with van der Waals surface area (Å²) in [6, 6.07) is 32.5. The highest BCUT2D eigenvalue weighted by molar-refractivity contribution is 9.10. The molecule has 90 heavy (non-hydrogen) atoms. The molecule has 0 saturated carbocycles. The van der Waals surface area contributed by atoms with Gasteiger partial charge in [0.25, 0.3) is 0 Å². The van der Waals surface area contributed by atoms with Crippen LogP contribution in [0.2, 0.25) is 25.1 Å². The van der Waals surface area contributed by atoms with Gasteiger partial charge in [-0.15, -0.1) is 0 Å². The number of rotatable bonds is 8. The second-order valence-corrected chi connectivity index (χ2v) is 25.8. The summed E-state index contributed by atoms with van der Waals surface area (Å²) in [7, 11) is 0. The normalized spacial score (nSPS) is 10.7. The Bertz CT molecular complexity index is 3180. The average Bonchev–Trinajstić information content (AvgIpc) is 2.82. The summed E-state index contributed by atoms with van der Waals surface area (Å²) in [4.78, 5) is 0. The molecule has 8 aromatic rings. The van der Waals surface area contributed by atoms with E-state index < -0.39 is 40.7 Å². The zero-order chi connectivity index (χ0) is 69.2. The van der Waals surface area contributed by atoms with E-state index in [9.17, 15) is 52.7 Å². The fraction of sp³-hybridized carbons (Fsp3) is 0.333. The van der Waals surface area contributed by atoms with Crippen LogP contribution in [0.4, 0.5) is 52.7 Å². The maximum atomic E-state index is 13.0. The van der Waals surface area contributed by atoms with Gasteiger partial charge in [0, 0.05) is 15.1 Å². The van der Waals surface area contributed by atoms with Crippen LogP contribution in [0.15, 0.2) is 138 Å². The molecule has 0 heterocycles. The van der Waals surface area contributed by atoms with Crippen molar-refractivity contribution in [3.8, 4) is 0 Å². The minimum absolute atomic E-state index is 0.00500. The summed E-state index contributed by atoms with van der Waals surface area (Å²) in [5.74, 6) is -6.25. The Labute approximate surface area is 558 Å². The number of halogens is 18. The molecule has 0 aromatic heterocycles. The molecule has 8 rings (SSSR count). The Kier molecular flexibility index (Phi) is 37.5. The van der Waals surface area contributed by atoms with Gasteiger partial charge in [-0.25, -0.2) is 52.7 Å². The van der Waals surface area contributed by atoms with Crippen LogP contribution in [0.1, 0.15) is 203 Å². The van der Waals surface area contributed by atoms with Crippen molar-refractivity contribution < 1.29 is 52.7 Å². The zero-order valence-corrected chi connectivity index (χ0v) is 58.5. The molecule has 0 N–H and O–H groups in total. The lowest BCUT2D eigenvalue weighted by molar-refractivity contribution is 0.444. The monoisotopic (exact) mass is 1420 g/mol. The van der Waals surface area contributed by atoms with Crippen LogP contribution in [0.3, 0.4) is 0 Å². The topological polar surface area (TPSA) is 0 Å². The van der Waals surface area contributed by atoms with Crippen molar-refractivity contribution >= 4 is 73.9 Å². The highest BCUT2D eigenvalue weighted by Gasteiger charge is 2.14. The second-order valence-electron chi connectivity index (χ2n) is 22.9. The maximum Gasteiger partial charge on any atom is 0.194 e. The van der Waals surface area contributed by atoms with Crippen molar-refractivity contribution in [3.05, 3.63) is 277 Å². The maximum absolute atomic E-state index is 13.0. The predicted octanol–water partition coefficient (Wildman–Crippen LogP) is 28.2. The number of hydrogen-bond donors (Lipinski definition) is 0. The summed E-state index contributed by atoms with van der Waals surface area (Å²) in [5, 5.41) is 1.48. The Morgan fingerprint density at radius 1 is 0.244 bits per heavy atom. The first kappa shape index (κ1) is 82.9. The highest BCUT2D eigenvalue weighted by atomic mass is 79.9. The van der Waals surface area contributed by atoms with Gasteiger partial charge in [-0.2, -0.15) is 0 Å². The molecule has 0 unspecified atom stereocenters. The molecule has 0 aliphatic rings. The van der Waals surface area contributed by atoms with E-state index in [-0.39, 0.29) is 62.8 Å². The smallest absolute Gasteiger partial charge is 0.194 e. The van der Waals surface area contributed by atoms with Gasteiger partial charge in [-0.05, 0) is 211 Å². The van der Waals surface area contributed by atoms with E-state index in [4.69, 9.17) is 58.0 Å². The minimum Gasteiger partial charge on any atom is -0.207 e. The predicted molar refractivity (Wildman–Crippen MR) is 356 cm³/mol. The molecule has 8 aromatic carbocycles. The molecular formula is C72H78BrCl5F12. The average molecular weight is 1430 g/mol. The van der Waals surface area contributed by atoms with Crippen LogP contribution >= 0.6 is 73.9 Å². The van der Waals surface area contributed by atoms with E-state index in [1.807, 2.05) is 95.2 Å². The Balaban J connectivity index is 0.000000514. The Morgan fingerprint density at radius 3 is 1.03 bits per heavy atom. The first-order valence-corrected chi connectivity index (χ1v) is 31.4. The van der Waals surface area contributed by atoms with Crippen molar-refractivity contribution in [2.24, 2.45) is 0 Å². The van der Waals surface area contributed by atoms with Crippen LogP contribution in [0, 0.1) is 69.8 Å². The molecule has 0 nitrogen and oxygen atoms in total. The van der Waals surface area contributed by atoms with Gasteiger partial charge < -0.3 is 0 Å². The summed E-state index contributed by atoms with van der Waals surface area (Å²) in [5.41, 5.74) is 6.86. The van der Waals surface area contributed by atoms with Gasteiger partial charge in [-0.1, -0.05) is 199 Å². The fourth-order valence-electron chi connectivity index (χ4n) is 7.28. The quantitative estimate of drug-likeness (QED) is 0.105. The molecule has 0 aliphatic heterocycles.